The minimum absolute atomic E-state index is 0.842. The predicted octanol–water partition coefficient (Wildman–Crippen LogP) is 2.11. The fourth-order valence-electron chi connectivity index (χ4n) is 1.85. The van der Waals surface area contributed by atoms with Crippen LogP contribution in [0.25, 0.3) is 11.2 Å². The van der Waals surface area contributed by atoms with Crippen LogP contribution in [-0.4, -0.2) is 21.6 Å². The number of nitrogens with zero attached hydrogens (tertiary/aromatic N) is 3. The van der Waals surface area contributed by atoms with Gasteiger partial charge in [0.2, 0.25) is 0 Å². The normalized spacial score (nSPS) is 14.4. The first-order chi connectivity index (χ1) is 7.88. The molecule has 0 saturated heterocycles. The van der Waals surface area contributed by atoms with E-state index in [0.717, 1.165) is 23.6 Å². The Labute approximate surface area is 93.3 Å². The van der Waals surface area contributed by atoms with Crippen LogP contribution in [0.3, 0.4) is 0 Å². The Morgan fingerprint density at radius 3 is 3.06 bits per heavy atom. The number of fused-ring (bicyclic) bond motifs is 1. The van der Waals surface area contributed by atoms with Crippen molar-refractivity contribution < 1.29 is 0 Å². The van der Waals surface area contributed by atoms with Crippen LogP contribution in [0.5, 0.6) is 0 Å². The molecule has 0 aliphatic heterocycles. The summed E-state index contributed by atoms with van der Waals surface area (Å²) in [5.74, 6) is 0.842. The SMILES string of the molecule is CNc1ccc2ncc(C3=CCC=C3)n2n1. The molecule has 0 atom stereocenters. The Bertz CT molecular complexity index is 592. The Balaban J connectivity index is 2.21. The minimum Gasteiger partial charge on any atom is -0.372 e. The standard InChI is InChI=1S/C12H12N4/c1-13-11-6-7-12-14-8-10(16(12)15-11)9-4-2-3-5-9/h2,4-8H,3H2,1H3,(H,13,15). The fraction of sp³-hybridized carbons (Fsp3) is 0.167. The van der Waals surface area contributed by atoms with E-state index in [0.29, 0.717) is 0 Å². The van der Waals surface area contributed by atoms with E-state index in [9.17, 15) is 0 Å². The Kier molecular flexibility index (Phi) is 1.99. The first-order valence-electron chi connectivity index (χ1n) is 5.28. The third-order valence-corrected chi connectivity index (χ3v) is 2.69. The molecular weight excluding hydrogens is 200 g/mol. The molecule has 2 aromatic heterocycles. The predicted molar refractivity (Wildman–Crippen MR) is 64.3 cm³/mol. The van der Waals surface area contributed by atoms with Crippen molar-refractivity contribution in [2.24, 2.45) is 0 Å². The molecule has 0 radical (unpaired) electrons. The molecule has 0 amide bonds. The molecule has 0 saturated carbocycles. The summed E-state index contributed by atoms with van der Waals surface area (Å²) in [6.45, 7) is 0. The molecular formula is C12H12N4. The lowest BCUT2D eigenvalue weighted by molar-refractivity contribution is 0.926. The Morgan fingerprint density at radius 2 is 2.31 bits per heavy atom. The summed E-state index contributed by atoms with van der Waals surface area (Å²) in [6.07, 6.45) is 9.28. The van der Waals surface area contributed by atoms with Crippen molar-refractivity contribution in [1.29, 1.82) is 0 Å². The third kappa shape index (κ3) is 1.31. The van der Waals surface area contributed by atoms with Gasteiger partial charge in [0.05, 0.1) is 11.9 Å². The van der Waals surface area contributed by atoms with Crippen LogP contribution >= 0.6 is 0 Å². The van der Waals surface area contributed by atoms with Crippen LogP contribution in [0.1, 0.15) is 12.1 Å². The van der Waals surface area contributed by atoms with Crippen LogP contribution in [0.4, 0.5) is 5.82 Å². The van der Waals surface area contributed by atoms with Crippen LogP contribution in [0, 0.1) is 0 Å². The van der Waals surface area contributed by atoms with Crippen LogP contribution in [0.2, 0.25) is 0 Å². The van der Waals surface area contributed by atoms with Crippen LogP contribution in [0.15, 0.2) is 36.6 Å². The summed E-state index contributed by atoms with van der Waals surface area (Å²) < 4.78 is 1.87. The van der Waals surface area contributed by atoms with Gasteiger partial charge in [-0.2, -0.15) is 0 Å². The van der Waals surface area contributed by atoms with E-state index >= 15 is 0 Å². The number of hydrogen-bond donors (Lipinski definition) is 1. The summed E-state index contributed by atoms with van der Waals surface area (Å²) in [5, 5.41) is 7.50. The quantitative estimate of drug-likeness (QED) is 0.829. The highest BCUT2D eigenvalue weighted by Crippen LogP contribution is 2.22. The van der Waals surface area contributed by atoms with Crippen molar-refractivity contribution in [1.82, 2.24) is 14.6 Å². The van der Waals surface area contributed by atoms with Gasteiger partial charge < -0.3 is 5.32 Å². The molecule has 4 heteroatoms. The molecule has 0 unspecified atom stereocenters. The number of aromatic nitrogens is 3. The van der Waals surface area contributed by atoms with Crippen LogP contribution in [-0.2, 0) is 0 Å². The van der Waals surface area contributed by atoms with Gasteiger partial charge in [-0.05, 0) is 24.1 Å². The van der Waals surface area contributed by atoms with Gasteiger partial charge in [0, 0.05) is 7.05 Å². The number of nitrogens with one attached hydrogen (secondary N) is 1. The number of imidazole rings is 1. The van der Waals surface area contributed by atoms with Crippen molar-refractivity contribution in [3.05, 3.63) is 42.3 Å². The summed E-state index contributed by atoms with van der Waals surface area (Å²) >= 11 is 0. The summed E-state index contributed by atoms with van der Waals surface area (Å²) in [4.78, 5) is 4.34. The highest BCUT2D eigenvalue weighted by atomic mass is 15.3. The second-order valence-electron chi connectivity index (χ2n) is 3.68. The largest absolute Gasteiger partial charge is 0.372 e. The van der Waals surface area contributed by atoms with E-state index in [-0.39, 0.29) is 0 Å². The Morgan fingerprint density at radius 1 is 1.38 bits per heavy atom. The molecule has 1 N–H and O–H groups in total. The lowest BCUT2D eigenvalue weighted by Gasteiger charge is -2.02. The number of rotatable bonds is 2. The minimum atomic E-state index is 0.842. The van der Waals surface area contributed by atoms with Gasteiger partial charge in [-0.1, -0.05) is 18.2 Å². The zero-order chi connectivity index (χ0) is 11.0. The van der Waals surface area contributed by atoms with Crippen molar-refractivity contribution in [3.8, 4) is 0 Å². The van der Waals surface area contributed by atoms with Gasteiger partial charge in [0.15, 0.2) is 5.65 Å². The first kappa shape index (κ1) is 9.15. The van der Waals surface area contributed by atoms with Crippen molar-refractivity contribution in [3.63, 3.8) is 0 Å². The van der Waals surface area contributed by atoms with E-state index in [4.69, 9.17) is 0 Å². The maximum atomic E-state index is 4.47. The summed E-state index contributed by atoms with van der Waals surface area (Å²) in [7, 11) is 1.86. The average molecular weight is 212 g/mol. The van der Waals surface area contributed by atoms with Crippen molar-refractivity contribution >= 4 is 17.0 Å². The summed E-state index contributed by atoms with van der Waals surface area (Å²) in [6, 6.07) is 3.88. The second-order valence-corrected chi connectivity index (χ2v) is 3.68. The molecule has 0 spiro atoms. The molecule has 2 aromatic rings. The average Bonchev–Trinajstić information content (AvgIpc) is 2.96. The zero-order valence-electron chi connectivity index (χ0n) is 9.01. The van der Waals surface area contributed by atoms with E-state index in [1.807, 2.05) is 29.9 Å². The molecule has 0 fully saturated rings. The molecule has 2 heterocycles. The summed E-state index contributed by atoms with van der Waals surface area (Å²) in [5.41, 5.74) is 3.10. The van der Waals surface area contributed by atoms with Crippen molar-refractivity contribution in [2.75, 3.05) is 12.4 Å². The fourth-order valence-corrected chi connectivity index (χ4v) is 1.85. The molecule has 0 aromatic carbocycles. The molecule has 16 heavy (non-hydrogen) atoms. The highest BCUT2D eigenvalue weighted by molar-refractivity contribution is 5.75. The molecule has 4 nitrogen and oxygen atoms in total. The van der Waals surface area contributed by atoms with E-state index in [1.54, 1.807) is 0 Å². The van der Waals surface area contributed by atoms with E-state index in [2.05, 4.69) is 33.6 Å². The second kappa shape index (κ2) is 3.48. The van der Waals surface area contributed by atoms with Gasteiger partial charge in [-0.3, -0.25) is 0 Å². The first-order valence-corrected chi connectivity index (χ1v) is 5.28. The molecule has 1 aliphatic rings. The van der Waals surface area contributed by atoms with Gasteiger partial charge >= 0.3 is 0 Å². The van der Waals surface area contributed by atoms with Crippen molar-refractivity contribution in [2.45, 2.75) is 6.42 Å². The molecule has 3 rings (SSSR count). The maximum Gasteiger partial charge on any atom is 0.154 e. The van der Waals surface area contributed by atoms with E-state index < -0.39 is 0 Å². The highest BCUT2D eigenvalue weighted by Gasteiger charge is 2.09. The number of hydrogen-bond acceptors (Lipinski definition) is 3. The third-order valence-electron chi connectivity index (χ3n) is 2.69. The van der Waals surface area contributed by atoms with Gasteiger partial charge in [-0.25, -0.2) is 9.50 Å². The van der Waals surface area contributed by atoms with E-state index in [1.165, 1.54) is 5.57 Å². The molecule has 0 bridgehead atoms. The molecule has 1 aliphatic carbocycles. The number of anilines is 1. The van der Waals surface area contributed by atoms with Gasteiger partial charge in [-0.15, -0.1) is 5.10 Å². The number of allylic oxidation sites excluding steroid dienone is 4. The smallest absolute Gasteiger partial charge is 0.154 e. The van der Waals surface area contributed by atoms with Gasteiger partial charge in [0.1, 0.15) is 5.82 Å². The van der Waals surface area contributed by atoms with Gasteiger partial charge in [0.25, 0.3) is 0 Å². The monoisotopic (exact) mass is 212 g/mol. The Hall–Kier alpha value is -2.10. The zero-order valence-corrected chi connectivity index (χ0v) is 9.01. The van der Waals surface area contributed by atoms with Crippen LogP contribution < -0.4 is 5.32 Å². The lowest BCUT2D eigenvalue weighted by Crippen LogP contribution is -2.00. The molecule has 80 valence electrons. The topological polar surface area (TPSA) is 42.2 Å². The lowest BCUT2D eigenvalue weighted by atomic mass is 10.2. The maximum absolute atomic E-state index is 4.47.